The monoisotopic (exact) mass is 387 g/mol. The summed E-state index contributed by atoms with van der Waals surface area (Å²) in [6, 6.07) is 5.73. The summed E-state index contributed by atoms with van der Waals surface area (Å²) in [6.45, 7) is 6.81. The second-order valence-electron chi connectivity index (χ2n) is 5.25. The fraction of sp³-hybridized carbons (Fsp3) is 0.250. The van der Waals surface area contributed by atoms with Crippen LogP contribution in [0.25, 0.3) is 5.82 Å². The molecule has 0 saturated carbocycles. The van der Waals surface area contributed by atoms with Crippen molar-refractivity contribution in [2.24, 2.45) is 0 Å². The van der Waals surface area contributed by atoms with Crippen molar-refractivity contribution in [3.05, 3.63) is 46.6 Å². The van der Waals surface area contributed by atoms with Crippen LogP contribution in [-0.2, 0) is 0 Å². The molecule has 3 aromatic rings. The van der Waals surface area contributed by atoms with Crippen molar-refractivity contribution in [3.63, 3.8) is 0 Å². The molecular formula is C16H18BrN7. The number of nitrogens with one attached hydrogen (secondary N) is 2. The van der Waals surface area contributed by atoms with Crippen molar-refractivity contribution in [2.45, 2.75) is 20.8 Å². The number of halogens is 1. The van der Waals surface area contributed by atoms with Crippen LogP contribution in [0.4, 0.5) is 17.3 Å². The number of nitrogens with zero attached hydrogens (tertiary/aromatic N) is 5. The van der Waals surface area contributed by atoms with Gasteiger partial charge in [0.25, 0.3) is 0 Å². The Morgan fingerprint density at radius 1 is 1.12 bits per heavy atom. The molecule has 0 spiro atoms. The third-order valence-corrected chi connectivity index (χ3v) is 4.61. The highest BCUT2D eigenvalue weighted by atomic mass is 79.9. The van der Waals surface area contributed by atoms with Crippen LogP contribution in [0.1, 0.15) is 18.3 Å². The lowest BCUT2D eigenvalue weighted by molar-refractivity contribution is 0.801. The largest absolute Gasteiger partial charge is 0.370 e. The Labute approximate surface area is 148 Å². The zero-order chi connectivity index (χ0) is 17.1. The minimum atomic E-state index is 0.682. The van der Waals surface area contributed by atoms with E-state index in [2.05, 4.69) is 46.6 Å². The zero-order valence-corrected chi connectivity index (χ0v) is 15.3. The van der Waals surface area contributed by atoms with E-state index in [1.165, 1.54) is 6.33 Å². The molecule has 0 aromatic carbocycles. The molecule has 0 amide bonds. The Bertz CT molecular complexity index is 842. The number of aromatic nitrogens is 5. The Balaban J connectivity index is 1.84. The summed E-state index contributed by atoms with van der Waals surface area (Å²) in [5.74, 6) is 2.23. The molecule has 8 heteroatoms. The maximum Gasteiger partial charge on any atom is 0.159 e. The molecule has 0 saturated heterocycles. The smallest absolute Gasteiger partial charge is 0.159 e. The number of pyridine rings is 1. The van der Waals surface area contributed by atoms with Gasteiger partial charge in [-0.15, -0.1) is 0 Å². The molecular weight excluding hydrogens is 370 g/mol. The highest BCUT2D eigenvalue weighted by molar-refractivity contribution is 9.10. The summed E-state index contributed by atoms with van der Waals surface area (Å²) in [4.78, 5) is 12.9. The predicted molar refractivity (Wildman–Crippen MR) is 98.0 cm³/mol. The molecule has 7 nitrogen and oxygen atoms in total. The maximum atomic E-state index is 4.49. The summed E-state index contributed by atoms with van der Waals surface area (Å²) in [6.07, 6.45) is 3.28. The second kappa shape index (κ2) is 6.96. The van der Waals surface area contributed by atoms with Gasteiger partial charge in [-0.1, -0.05) is 0 Å². The van der Waals surface area contributed by atoms with Gasteiger partial charge in [-0.3, -0.25) is 0 Å². The van der Waals surface area contributed by atoms with Crippen LogP contribution in [0.5, 0.6) is 0 Å². The average Bonchev–Trinajstić information content (AvgIpc) is 2.85. The number of hydrogen-bond acceptors (Lipinski definition) is 6. The molecule has 3 rings (SSSR count). The lowest BCUT2D eigenvalue weighted by atomic mass is 10.4. The first-order chi connectivity index (χ1) is 11.6. The van der Waals surface area contributed by atoms with E-state index < -0.39 is 0 Å². The molecule has 0 aliphatic heterocycles. The number of rotatable bonds is 5. The Morgan fingerprint density at radius 2 is 1.96 bits per heavy atom. The molecule has 124 valence electrons. The first-order valence-corrected chi connectivity index (χ1v) is 8.39. The molecule has 0 aliphatic rings. The van der Waals surface area contributed by atoms with E-state index in [1.807, 2.05) is 39.0 Å². The molecule has 0 radical (unpaired) electrons. The van der Waals surface area contributed by atoms with Gasteiger partial charge in [-0.05, 0) is 48.8 Å². The molecule has 3 heterocycles. The minimum Gasteiger partial charge on any atom is -0.370 e. The maximum absolute atomic E-state index is 4.49. The fourth-order valence-corrected chi connectivity index (χ4v) is 2.53. The van der Waals surface area contributed by atoms with E-state index in [1.54, 1.807) is 10.9 Å². The van der Waals surface area contributed by atoms with E-state index in [0.29, 0.717) is 11.6 Å². The number of hydrogen-bond donors (Lipinski definition) is 2. The molecule has 2 N–H and O–H groups in total. The minimum absolute atomic E-state index is 0.682. The van der Waals surface area contributed by atoms with Crippen LogP contribution in [-0.4, -0.2) is 31.3 Å². The lowest BCUT2D eigenvalue weighted by Crippen LogP contribution is -2.04. The van der Waals surface area contributed by atoms with Gasteiger partial charge in [0, 0.05) is 12.6 Å². The zero-order valence-electron chi connectivity index (χ0n) is 13.7. The quantitative estimate of drug-likeness (QED) is 0.695. The number of aryl methyl sites for hydroxylation is 1. The summed E-state index contributed by atoms with van der Waals surface area (Å²) >= 11 is 3.53. The second-order valence-corrected chi connectivity index (χ2v) is 6.04. The first kappa shape index (κ1) is 16.4. The van der Waals surface area contributed by atoms with E-state index >= 15 is 0 Å². The Kier molecular flexibility index (Phi) is 4.75. The standard InChI is InChI=1S/C16H18BrN7/c1-4-18-13-6-5-12(8-19-13)22-14-7-15(21-9-20-14)24-11(3)16(17)10(2)23-24/h5-9H,4H2,1-3H3,(H,18,19)(H,20,21,22). The van der Waals surface area contributed by atoms with Crippen LogP contribution in [0.2, 0.25) is 0 Å². The van der Waals surface area contributed by atoms with Gasteiger partial charge in [-0.2, -0.15) is 5.10 Å². The summed E-state index contributed by atoms with van der Waals surface area (Å²) in [5, 5.41) is 10.9. The van der Waals surface area contributed by atoms with Crippen LogP contribution in [0, 0.1) is 13.8 Å². The highest BCUT2D eigenvalue weighted by Gasteiger charge is 2.12. The van der Waals surface area contributed by atoms with Gasteiger partial charge < -0.3 is 10.6 Å². The van der Waals surface area contributed by atoms with Crippen LogP contribution < -0.4 is 10.6 Å². The molecule has 0 unspecified atom stereocenters. The van der Waals surface area contributed by atoms with Gasteiger partial charge >= 0.3 is 0 Å². The molecule has 0 fully saturated rings. The predicted octanol–water partition coefficient (Wildman–Crippen LogP) is 3.61. The Hall–Kier alpha value is -2.48. The average molecular weight is 388 g/mol. The van der Waals surface area contributed by atoms with Crippen molar-refractivity contribution in [1.29, 1.82) is 0 Å². The van der Waals surface area contributed by atoms with Crippen molar-refractivity contribution in [2.75, 3.05) is 17.2 Å². The van der Waals surface area contributed by atoms with E-state index in [9.17, 15) is 0 Å². The molecule has 0 atom stereocenters. The highest BCUT2D eigenvalue weighted by Crippen LogP contribution is 2.23. The van der Waals surface area contributed by atoms with Gasteiger partial charge in [0.15, 0.2) is 5.82 Å². The van der Waals surface area contributed by atoms with Crippen molar-refractivity contribution < 1.29 is 0 Å². The topological polar surface area (TPSA) is 80.5 Å². The SMILES string of the molecule is CCNc1ccc(Nc2cc(-n3nc(C)c(Br)c3C)ncn2)cn1. The fourth-order valence-electron chi connectivity index (χ4n) is 2.28. The van der Waals surface area contributed by atoms with Crippen molar-refractivity contribution in [3.8, 4) is 5.82 Å². The van der Waals surface area contributed by atoms with E-state index in [-0.39, 0.29) is 0 Å². The van der Waals surface area contributed by atoms with E-state index in [4.69, 9.17) is 0 Å². The lowest BCUT2D eigenvalue weighted by Gasteiger charge is -2.08. The van der Waals surface area contributed by atoms with Crippen LogP contribution >= 0.6 is 15.9 Å². The Morgan fingerprint density at radius 3 is 2.58 bits per heavy atom. The van der Waals surface area contributed by atoms with Gasteiger partial charge in [0.1, 0.15) is 18.0 Å². The van der Waals surface area contributed by atoms with Crippen LogP contribution in [0.15, 0.2) is 35.2 Å². The number of anilines is 3. The van der Waals surface area contributed by atoms with Crippen molar-refractivity contribution >= 4 is 33.3 Å². The summed E-state index contributed by atoms with van der Waals surface area (Å²) in [5.41, 5.74) is 2.77. The third kappa shape index (κ3) is 3.38. The molecule has 0 bridgehead atoms. The third-order valence-electron chi connectivity index (χ3n) is 3.47. The summed E-state index contributed by atoms with van der Waals surface area (Å²) < 4.78 is 2.78. The van der Waals surface area contributed by atoms with Gasteiger partial charge in [-0.25, -0.2) is 19.6 Å². The summed E-state index contributed by atoms with van der Waals surface area (Å²) in [7, 11) is 0. The van der Waals surface area contributed by atoms with E-state index in [0.717, 1.165) is 33.9 Å². The molecule has 3 aromatic heterocycles. The van der Waals surface area contributed by atoms with Crippen molar-refractivity contribution in [1.82, 2.24) is 24.7 Å². The molecule has 0 aliphatic carbocycles. The van der Waals surface area contributed by atoms with Crippen LogP contribution in [0.3, 0.4) is 0 Å². The van der Waals surface area contributed by atoms with Gasteiger partial charge in [0.05, 0.1) is 27.7 Å². The normalized spacial score (nSPS) is 10.7. The molecule has 24 heavy (non-hydrogen) atoms. The first-order valence-electron chi connectivity index (χ1n) is 7.59. The van der Waals surface area contributed by atoms with Gasteiger partial charge in [0.2, 0.25) is 0 Å².